The molecule has 3 nitrogen and oxygen atoms in total. The Kier molecular flexibility index (Phi) is 4.60. The molecule has 0 aromatic heterocycles. The molecule has 3 rings (SSSR count). The van der Waals surface area contributed by atoms with Crippen LogP contribution in [-0.2, 0) is 4.79 Å². The minimum atomic E-state index is -0.552. The molecule has 0 bridgehead atoms. The van der Waals surface area contributed by atoms with Crippen LogP contribution in [0.15, 0.2) is 18.2 Å². The van der Waals surface area contributed by atoms with Crippen LogP contribution in [0.5, 0.6) is 0 Å². The van der Waals surface area contributed by atoms with Crippen LogP contribution in [0, 0.1) is 23.5 Å². The van der Waals surface area contributed by atoms with Crippen LogP contribution >= 0.6 is 12.4 Å². The molecular formula is C14H17ClF2N2O. The van der Waals surface area contributed by atoms with Crippen LogP contribution in [0.2, 0.25) is 0 Å². The fraction of sp³-hybridized carbons (Fsp3) is 0.500. The van der Waals surface area contributed by atoms with Crippen LogP contribution in [0.3, 0.4) is 0 Å². The number of carbonyl (C=O) groups is 1. The van der Waals surface area contributed by atoms with Gasteiger partial charge in [-0.2, -0.15) is 0 Å². The Morgan fingerprint density at radius 2 is 1.95 bits per heavy atom. The van der Waals surface area contributed by atoms with Gasteiger partial charge in [-0.05, 0) is 18.6 Å². The zero-order valence-corrected chi connectivity index (χ0v) is 11.7. The minimum absolute atomic E-state index is 0. The van der Waals surface area contributed by atoms with Crippen molar-refractivity contribution in [2.75, 3.05) is 19.6 Å². The first kappa shape index (κ1) is 15.2. The van der Waals surface area contributed by atoms with E-state index in [9.17, 15) is 13.6 Å². The first-order valence-corrected chi connectivity index (χ1v) is 6.59. The second-order valence-corrected chi connectivity index (χ2v) is 5.35. The molecule has 1 aromatic carbocycles. The van der Waals surface area contributed by atoms with Gasteiger partial charge in [0, 0.05) is 43.0 Å². The maximum Gasteiger partial charge on any atom is 0.223 e. The summed E-state index contributed by atoms with van der Waals surface area (Å²) in [7, 11) is 0. The standard InChI is InChI=1S/C14H16F2N2O.ClH/c15-11-2-1-3-12(16)13(11)9-4-10(9)14(19)18-7-8-5-17-6-8;/h1-3,8-10,17H,4-7H2,(H,18,19);1H. The Morgan fingerprint density at radius 1 is 1.30 bits per heavy atom. The molecule has 1 aromatic rings. The van der Waals surface area contributed by atoms with Gasteiger partial charge in [0.1, 0.15) is 11.6 Å². The van der Waals surface area contributed by atoms with Crippen molar-refractivity contribution in [1.82, 2.24) is 10.6 Å². The summed E-state index contributed by atoms with van der Waals surface area (Å²) in [5.41, 5.74) is 0.0629. The highest BCUT2D eigenvalue weighted by Crippen LogP contribution is 2.49. The van der Waals surface area contributed by atoms with Gasteiger partial charge < -0.3 is 10.6 Å². The molecule has 2 atom stereocenters. The summed E-state index contributed by atoms with van der Waals surface area (Å²) in [5, 5.41) is 5.99. The number of hydrogen-bond acceptors (Lipinski definition) is 2. The highest BCUT2D eigenvalue weighted by atomic mass is 35.5. The van der Waals surface area contributed by atoms with E-state index in [1.807, 2.05) is 0 Å². The summed E-state index contributed by atoms with van der Waals surface area (Å²) in [6.45, 7) is 2.50. The van der Waals surface area contributed by atoms with E-state index in [0.717, 1.165) is 13.1 Å². The monoisotopic (exact) mass is 302 g/mol. The third-order valence-corrected chi connectivity index (χ3v) is 3.93. The maximum absolute atomic E-state index is 13.6. The van der Waals surface area contributed by atoms with E-state index >= 15 is 0 Å². The van der Waals surface area contributed by atoms with Gasteiger partial charge in [0.25, 0.3) is 0 Å². The number of carbonyl (C=O) groups excluding carboxylic acids is 1. The lowest BCUT2D eigenvalue weighted by molar-refractivity contribution is -0.122. The fourth-order valence-electron chi connectivity index (χ4n) is 2.54. The lowest BCUT2D eigenvalue weighted by atomic mass is 10.0. The summed E-state index contributed by atoms with van der Waals surface area (Å²) < 4.78 is 27.2. The molecule has 2 fully saturated rings. The normalized spacial score (nSPS) is 24.5. The molecule has 110 valence electrons. The largest absolute Gasteiger partial charge is 0.355 e. The topological polar surface area (TPSA) is 41.1 Å². The number of benzene rings is 1. The van der Waals surface area contributed by atoms with Crippen molar-refractivity contribution in [3.63, 3.8) is 0 Å². The first-order chi connectivity index (χ1) is 9.16. The second-order valence-electron chi connectivity index (χ2n) is 5.35. The number of halogens is 3. The molecule has 20 heavy (non-hydrogen) atoms. The fourth-order valence-corrected chi connectivity index (χ4v) is 2.54. The van der Waals surface area contributed by atoms with E-state index in [1.165, 1.54) is 18.2 Å². The van der Waals surface area contributed by atoms with Gasteiger partial charge >= 0.3 is 0 Å². The average molecular weight is 303 g/mol. The Balaban J connectivity index is 0.00000147. The maximum atomic E-state index is 13.6. The number of amides is 1. The van der Waals surface area contributed by atoms with Crippen LogP contribution in [-0.4, -0.2) is 25.5 Å². The summed E-state index contributed by atoms with van der Waals surface area (Å²) in [6.07, 6.45) is 0.534. The number of rotatable bonds is 4. The van der Waals surface area contributed by atoms with E-state index in [1.54, 1.807) is 0 Å². The smallest absolute Gasteiger partial charge is 0.223 e. The number of hydrogen-bond donors (Lipinski definition) is 2. The van der Waals surface area contributed by atoms with E-state index in [-0.39, 0.29) is 35.7 Å². The van der Waals surface area contributed by atoms with E-state index < -0.39 is 11.6 Å². The molecule has 0 radical (unpaired) electrons. The van der Waals surface area contributed by atoms with Crippen molar-refractivity contribution < 1.29 is 13.6 Å². The average Bonchev–Trinajstić information content (AvgIpc) is 3.06. The van der Waals surface area contributed by atoms with Gasteiger partial charge in [0.15, 0.2) is 0 Å². The molecule has 1 heterocycles. The Morgan fingerprint density at radius 3 is 2.50 bits per heavy atom. The van der Waals surface area contributed by atoms with Crippen molar-refractivity contribution in [2.24, 2.45) is 11.8 Å². The zero-order valence-electron chi connectivity index (χ0n) is 10.9. The highest BCUT2D eigenvalue weighted by Gasteiger charge is 2.46. The SMILES string of the molecule is Cl.O=C(NCC1CNC1)C1CC1c1c(F)cccc1F. The predicted molar refractivity (Wildman–Crippen MR) is 73.8 cm³/mol. The summed E-state index contributed by atoms with van der Waals surface area (Å²) in [6, 6.07) is 3.83. The molecule has 2 aliphatic rings. The van der Waals surface area contributed by atoms with Crippen LogP contribution in [0.4, 0.5) is 8.78 Å². The van der Waals surface area contributed by atoms with E-state index in [4.69, 9.17) is 0 Å². The van der Waals surface area contributed by atoms with Gasteiger partial charge in [0.05, 0.1) is 0 Å². The third-order valence-electron chi connectivity index (χ3n) is 3.93. The molecule has 2 unspecified atom stereocenters. The lowest BCUT2D eigenvalue weighted by Crippen LogP contribution is -2.48. The first-order valence-electron chi connectivity index (χ1n) is 6.59. The lowest BCUT2D eigenvalue weighted by Gasteiger charge is -2.27. The summed E-state index contributed by atoms with van der Waals surface area (Å²) >= 11 is 0. The van der Waals surface area contributed by atoms with E-state index in [2.05, 4.69) is 10.6 Å². The van der Waals surface area contributed by atoms with Crippen LogP contribution in [0.1, 0.15) is 17.9 Å². The molecule has 0 spiro atoms. The second kappa shape index (κ2) is 6.06. The van der Waals surface area contributed by atoms with Crippen LogP contribution < -0.4 is 10.6 Å². The van der Waals surface area contributed by atoms with Gasteiger partial charge in [-0.25, -0.2) is 8.78 Å². The number of nitrogens with one attached hydrogen (secondary N) is 2. The minimum Gasteiger partial charge on any atom is -0.355 e. The van der Waals surface area contributed by atoms with Gasteiger partial charge in [-0.1, -0.05) is 6.07 Å². The van der Waals surface area contributed by atoms with Crippen molar-refractivity contribution in [3.8, 4) is 0 Å². The van der Waals surface area contributed by atoms with Gasteiger partial charge in [0.2, 0.25) is 5.91 Å². The molecule has 1 aliphatic heterocycles. The summed E-state index contributed by atoms with van der Waals surface area (Å²) in [5.74, 6) is -1.28. The van der Waals surface area contributed by atoms with Crippen molar-refractivity contribution in [2.45, 2.75) is 12.3 Å². The zero-order chi connectivity index (χ0) is 13.4. The molecule has 1 saturated heterocycles. The predicted octanol–water partition coefficient (Wildman–Crippen LogP) is 1.83. The Hall–Kier alpha value is -1.20. The molecule has 1 amide bonds. The van der Waals surface area contributed by atoms with Gasteiger partial charge in [-0.15, -0.1) is 12.4 Å². The highest BCUT2D eigenvalue weighted by molar-refractivity contribution is 5.85. The summed E-state index contributed by atoms with van der Waals surface area (Å²) in [4.78, 5) is 11.9. The molecule has 1 saturated carbocycles. The Labute approximate surface area is 122 Å². The van der Waals surface area contributed by atoms with E-state index in [0.29, 0.717) is 18.9 Å². The van der Waals surface area contributed by atoms with Crippen molar-refractivity contribution >= 4 is 18.3 Å². The van der Waals surface area contributed by atoms with Crippen molar-refractivity contribution in [1.29, 1.82) is 0 Å². The molecule has 2 N–H and O–H groups in total. The quantitative estimate of drug-likeness (QED) is 0.891. The molecule has 1 aliphatic carbocycles. The van der Waals surface area contributed by atoms with Crippen molar-refractivity contribution in [3.05, 3.63) is 35.4 Å². The van der Waals surface area contributed by atoms with Gasteiger partial charge in [-0.3, -0.25) is 4.79 Å². The molecule has 6 heteroatoms. The Bertz CT molecular complexity index is 488. The van der Waals surface area contributed by atoms with Crippen LogP contribution in [0.25, 0.3) is 0 Å². The molecular weight excluding hydrogens is 286 g/mol. The third kappa shape index (κ3) is 2.94.